The maximum Gasteiger partial charge on any atom is 0.192 e. The average molecular weight is 230 g/mol. The fraction of sp³-hybridized carbons (Fsp3) is 0.833. The van der Waals surface area contributed by atoms with E-state index in [0.29, 0.717) is 6.61 Å². The van der Waals surface area contributed by atoms with Crippen LogP contribution >= 0.6 is 0 Å². The molecule has 0 saturated heterocycles. The van der Waals surface area contributed by atoms with E-state index in [9.17, 15) is 0 Å². The van der Waals surface area contributed by atoms with E-state index in [-0.39, 0.29) is 17.6 Å². The molecule has 0 amide bonds. The first-order valence-corrected chi connectivity index (χ1v) is 8.53. The molecule has 0 aromatic heterocycles. The standard InChI is InChI=1S/C12H26O2Si/c1-11(10-13)8-7-9-14-15(5,6)12(2,3)4/h7-8,11,13H,9-10H2,1-6H3/b8-7+/t11-/m1/s1. The van der Waals surface area contributed by atoms with Gasteiger partial charge in [-0.15, -0.1) is 0 Å². The molecule has 3 heteroatoms. The molecule has 0 fully saturated rings. The van der Waals surface area contributed by atoms with Gasteiger partial charge in [-0.2, -0.15) is 0 Å². The van der Waals surface area contributed by atoms with Gasteiger partial charge in [-0.3, -0.25) is 0 Å². The molecule has 0 heterocycles. The van der Waals surface area contributed by atoms with E-state index >= 15 is 0 Å². The van der Waals surface area contributed by atoms with Gasteiger partial charge in [-0.25, -0.2) is 0 Å². The maximum absolute atomic E-state index is 8.84. The Morgan fingerprint density at radius 2 is 1.87 bits per heavy atom. The fourth-order valence-corrected chi connectivity index (χ4v) is 1.77. The Bertz CT molecular complexity index is 204. The van der Waals surface area contributed by atoms with Crippen LogP contribution in [0.1, 0.15) is 27.7 Å². The molecule has 0 aromatic carbocycles. The van der Waals surface area contributed by atoms with Crippen LogP contribution in [0.3, 0.4) is 0 Å². The molecular weight excluding hydrogens is 204 g/mol. The van der Waals surface area contributed by atoms with Crippen molar-refractivity contribution >= 4 is 8.32 Å². The van der Waals surface area contributed by atoms with Crippen LogP contribution in [0.5, 0.6) is 0 Å². The van der Waals surface area contributed by atoms with E-state index in [1.54, 1.807) is 0 Å². The van der Waals surface area contributed by atoms with Gasteiger partial charge in [0.15, 0.2) is 8.32 Å². The van der Waals surface area contributed by atoms with Crippen molar-refractivity contribution in [3.05, 3.63) is 12.2 Å². The summed E-state index contributed by atoms with van der Waals surface area (Å²) in [6, 6.07) is 0. The SMILES string of the molecule is C[C@H](/C=C/CO[Si](C)(C)C(C)(C)C)CO. The van der Waals surface area contributed by atoms with Crippen molar-refractivity contribution in [2.75, 3.05) is 13.2 Å². The molecule has 0 spiro atoms. The van der Waals surface area contributed by atoms with Crippen molar-refractivity contribution in [2.24, 2.45) is 5.92 Å². The minimum absolute atomic E-state index is 0.205. The lowest BCUT2D eigenvalue weighted by atomic mass is 10.2. The predicted octanol–water partition coefficient (Wildman–Crippen LogP) is 3.19. The van der Waals surface area contributed by atoms with Crippen LogP contribution in [0, 0.1) is 5.92 Å². The van der Waals surface area contributed by atoms with Gasteiger partial charge >= 0.3 is 0 Å². The summed E-state index contributed by atoms with van der Waals surface area (Å²) in [5, 5.41) is 9.11. The number of hydrogen-bond acceptors (Lipinski definition) is 2. The summed E-state index contributed by atoms with van der Waals surface area (Å²) in [5.41, 5.74) is 0. The smallest absolute Gasteiger partial charge is 0.192 e. The van der Waals surface area contributed by atoms with Gasteiger partial charge in [0, 0.05) is 6.61 Å². The van der Waals surface area contributed by atoms with Crippen LogP contribution in [-0.4, -0.2) is 26.6 Å². The topological polar surface area (TPSA) is 29.5 Å². The highest BCUT2D eigenvalue weighted by atomic mass is 28.4. The molecule has 0 unspecified atom stereocenters. The van der Waals surface area contributed by atoms with Gasteiger partial charge in [-0.1, -0.05) is 39.8 Å². The Hall–Kier alpha value is -0.123. The first-order chi connectivity index (χ1) is 6.70. The summed E-state index contributed by atoms with van der Waals surface area (Å²) in [4.78, 5) is 0. The summed E-state index contributed by atoms with van der Waals surface area (Å²) in [6.07, 6.45) is 4.02. The van der Waals surface area contributed by atoms with Crippen molar-refractivity contribution in [3.63, 3.8) is 0 Å². The van der Waals surface area contributed by atoms with Crippen LogP contribution in [-0.2, 0) is 4.43 Å². The Morgan fingerprint density at radius 1 is 1.33 bits per heavy atom. The maximum atomic E-state index is 8.84. The molecule has 2 nitrogen and oxygen atoms in total. The molecule has 0 aliphatic carbocycles. The normalized spacial score (nSPS) is 15.9. The van der Waals surface area contributed by atoms with E-state index in [1.165, 1.54) is 0 Å². The van der Waals surface area contributed by atoms with E-state index in [4.69, 9.17) is 9.53 Å². The first-order valence-electron chi connectivity index (χ1n) is 5.62. The van der Waals surface area contributed by atoms with Gasteiger partial charge in [0.05, 0.1) is 6.61 Å². The van der Waals surface area contributed by atoms with Crippen molar-refractivity contribution < 1.29 is 9.53 Å². The van der Waals surface area contributed by atoms with Crippen molar-refractivity contribution in [2.45, 2.75) is 45.8 Å². The minimum Gasteiger partial charge on any atom is -0.413 e. The molecule has 0 rings (SSSR count). The average Bonchev–Trinajstić information content (AvgIpc) is 2.10. The van der Waals surface area contributed by atoms with Crippen molar-refractivity contribution in [1.29, 1.82) is 0 Å². The Morgan fingerprint density at radius 3 is 2.27 bits per heavy atom. The monoisotopic (exact) mass is 230 g/mol. The molecule has 90 valence electrons. The highest BCUT2D eigenvalue weighted by molar-refractivity contribution is 6.74. The number of aliphatic hydroxyl groups excluding tert-OH is 1. The lowest BCUT2D eigenvalue weighted by Crippen LogP contribution is -2.40. The zero-order chi connectivity index (χ0) is 12.1. The van der Waals surface area contributed by atoms with Crippen LogP contribution in [0.2, 0.25) is 18.1 Å². The summed E-state index contributed by atoms with van der Waals surface area (Å²) >= 11 is 0. The van der Waals surface area contributed by atoms with Gasteiger partial charge in [0.25, 0.3) is 0 Å². The number of hydrogen-bond donors (Lipinski definition) is 1. The summed E-state index contributed by atoms with van der Waals surface area (Å²) in [5.74, 6) is 0.230. The van der Waals surface area contributed by atoms with E-state index in [1.807, 2.05) is 19.1 Å². The van der Waals surface area contributed by atoms with Crippen molar-refractivity contribution in [3.8, 4) is 0 Å². The summed E-state index contributed by atoms with van der Waals surface area (Å²) in [7, 11) is -1.60. The van der Waals surface area contributed by atoms with Gasteiger partial charge in [0.1, 0.15) is 0 Å². The van der Waals surface area contributed by atoms with Gasteiger partial charge in [-0.05, 0) is 24.1 Å². The molecule has 0 saturated carbocycles. The minimum atomic E-state index is -1.60. The van der Waals surface area contributed by atoms with Gasteiger partial charge < -0.3 is 9.53 Å². The number of aliphatic hydroxyl groups is 1. The van der Waals surface area contributed by atoms with Gasteiger partial charge in [0.2, 0.25) is 0 Å². The second kappa shape index (κ2) is 5.82. The molecule has 1 N–H and O–H groups in total. The molecule has 0 radical (unpaired) electrons. The Kier molecular flexibility index (Phi) is 5.78. The lowest BCUT2D eigenvalue weighted by Gasteiger charge is -2.35. The first kappa shape index (κ1) is 14.9. The van der Waals surface area contributed by atoms with Crippen LogP contribution in [0.25, 0.3) is 0 Å². The fourth-order valence-electron chi connectivity index (χ4n) is 0.822. The Balaban J connectivity index is 4.01. The third-order valence-electron chi connectivity index (χ3n) is 3.10. The predicted molar refractivity (Wildman–Crippen MR) is 68.5 cm³/mol. The summed E-state index contributed by atoms with van der Waals surface area (Å²) < 4.78 is 5.96. The van der Waals surface area contributed by atoms with E-state index in [2.05, 4.69) is 33.9 Å². The Labute approximate surface area is 95.5 Å². The molecular formula is C12H26O2Si. The largest absolute Gasteiger partial charge is 0.413 e. The van der Waals surface area contributed by atoms with E-state index in [0.717, 1.165) is 0 Å². The van der Waals surface area contributed by atoms with Crippen LogP contribution in [0.4, 0.5) is 0 Å². The van der Waals surface area contributed by atoms with Crippen molar-refractivity contribution in [1.82, 2.24) is 0 Å². The summed E-state index contributed by atoms with van der Waals surface area (Å²) in [6.45, 7) is 14.1. The quantitative estimate of drug-likeness (QED) is 0.580. The van der Waals surface area contributed by atoms with E-state index < -0.39 is 8.32 Å². The van der Waals surface area contributed by atoms with Crippen LogP contribution in [0.15, 0.2) is 12.2 Å². The second-order valence-corrected chi connectivity index (χ2v) is 10.5. The molecule has 0 aliphatic rings. The molecule has 0 aromatic rings. The third kappa shape index (κ3) is 5.49. The molecule has 1 atom stereocenters. The van der Waals surface area contributed by atoms with Crippen LogP contribution < -0.4 is 0 Å². The zero-order valence-electron chi connectivity index (χ0n) is 11.0. The second-order valence-electron chi connectivity index (χ2n) is 5.66. The highest BCUT2D eigenvalue weighted by Crippen LogP contribution is 2.36. The molecule has 15 heavy (non-hydrogen) atoms. The number of rotatable bonds is 5. The highest BCUT2D eigenvalue weighted by Gasteiger charge is 2.36. The lowest BCUT2D eigenvalue weighted by molar-refractivity contribution is 0.261. The zero-order valence-corrected chi connectivity index (χ0v) is 12.0. The third-order valence-corrected chi connectivity index (χ3v) is 7.60. The molecule has 0 bridgehead atoms. The molecule has 0 aliphatic heterocycles.